The van der Waals surface area contributed by atoms with Crippen molar-refractivity contribution < 1.29 is 23.5 Å². The van der Waals surface area contributed by atoms with Gasteiger partial charge in [-0.2, -0.15) is 0 Å². The summed E-state index contributed by atoms with van der Waals surface area (Å²) in [5.41, 5.74) is 1.01. The zero-order chi connectivity index (χ0) is 24.1. The molecule has 182 valence electrons. The Kier molecular flexibility index (Phi) is 7.67. The lowest BCUT2D eigenvalue weighted by Gasteiger charge is -2.40. The maximum Gasteiger partial charge on any atom is 0.254 e. The van der Waals surface area contributed by atoms with Crippen molar-refractivity contribution in [2.75, 3.05) is 45.7 Å². The Hall–Kier alpha value is -3.13. The van der Waals surface area contributed by atoms with Crippen LogP contribution < -0.4 is 14.8 Å². The standard InChI is InChI=1S/C26H32FN3O4/c1-33-22-11-10-21(17-23(22)34-2)28-25(31)24(18-6-3-4-7-18)29-12-14-30(15-13-29)26(32)19-8-5-9-20(27)16-19/h5,8-11,16-18,24H,3-4,6-7,12-15H2,1-2H3,(H,28,31)/t24-/m0/s1. The van der Waals surface area contributed by atoms with E-state index in [9.17, 15) is 14.0 Å². The molecule has 0 aromatic heterocycles. The molecule has 2 aromatic carbocycles. The molecular weight excluding hydrogens is 437 g/mol. The number of hydrogen-bond donors (Lipinski definition) is 1. The molecule has 2 amide bonds. The summed E-state index contributed by atoms with van der Waals surface area (Å²) >= 11 is 0. The number of benzene rings is 2. The lowest BCUT2D eigenvalue weighted by Crippen LogP contribution is -2.56. The number of carbonyl (C=O) groups excluding carboxylic acids is 2. The molecule has 1 atom stereocenters. The Morgan fingerprint density at radius 3 is 2.32 bits per heavy atom. The van der Waals surface area contributed by atoms with Crippen molar-refractivity contribution in [2.24, 2.45) is 5.92 Å². The van der Waals surface area contributed by atoms with Gasteiger partial charge in [0.1, 0.15) is 5.82 Å². The van der Waals surface area contributed by atoms with Gasteiger partial charge >= 0.3 is 0 Å². The largest absolute Gasteiger partial charge is 0.493 e. The summed E-state index contributed by atoms with van der Waals surface area (Å²) in [6.07, 6.45) is 4.30. The molecule has 2 fully saturated rings. The van der Waals surface area contributed by atoms with Gasteiger partial charge in [-0.15, -0.1) is 0 Å². The number of hydrogen-bond acceptors (Lipinski definition) is 5. The van der Waals surface area contributed by atoms with Crippen molar-refractivity contribution in [1.29, 1.82) is 0 Å². The van der Waals surface area contributed by atoms with E-state index < -0.39 is 5.82 Å². The van der Waals surface area contributed by atoms with Gasteiger partial charge in [0.2, 0.25) is 5.91 Å². The summed E-state index contributed by atoms with van der Waals surface area (Å²) in [4.78, 5) is 30.2. The number of methoxy groups -OCH3 is 2. The third-order valence-electron chi connectivity index (χ3n) is 6.83. The number of carbonyl (C=O) groups is 2. The predicted octanol–water partition coefficient (Wildman–Crippen LogP) is 3.80. The normalized spacial score (nSPS) is 17.9. The number of amides is 2. The molecule has 1 N–H and O–H groups in total. The molecule has 0 spiro atoms. The highest BCUT2D eigenvalue weighted by atomic mass is 19.1. The Labute approximate surface area is 199 Å². The highest BCUT2D eigenvalue weighted by Gasteiger charge is 2.37. The van der Waals surface area contributed by atoms with Crippen LogP contribution >= 0.6 is 0 Å². The number of halogens is 1. The minimum Gasteiger partial charge on any atom is -0.493 e. The summed E-state index contributed by atoms with van der Waals surface area (Å²) in [6, 6.07) is 10.9. The molecule has 1 saturated heterocycles. The molecule has 2 aliphatic rings. The highest BCUT2D eigenvalue weighted by Crippen LogP contribution is 2.33. The maximum atomic E-state index is 13.6. The Balaban J connectivity index is 1.45. The van der Waals surface area contributed by atoms with E-state index in [2.05, 4.69) is 10.2 Å². The van der Waals surface area contributed by atoms with E-state index >= 15 is 0 Å². The van der Waals surface area contributed by atoms with Crippen molar-refractivity contribution in [1.82, 2.24) is 9.80 Å². The number of ether oxygens (including phenoxy) is 2. The second kappa shape index (κ2) is 10.9. The van der Waals surface area contributed by atoms with Crippen LogP contribution in [0, 0.1) is 11.7 Å². The smallest absolute Gasteiger partial charge is 0.254 e. The van der Waals surface area contributed by atoms with Crippen LogP contribution in [0.4, 0.5) is 10.1 Å². The fourth-order valence-corrected chi connectivity index (χ4v) is 5.09. The van der Waals surface area contributed by atoms with Gasteiger partial charge in [-0.1, -0.05) is 18.9 Å². The van der Waals surface area contributed by atoms with Crippen molar-refractivity contribution in [2.45, 2.75) is 31.7 Å². The van der Waals surface area contributed by atoms with E-state index in [0.29, 0.717) is 48.9 Å². The molecule has 1 heterocycles. The fourth-order valence-electron chi connectivity index (χ4n) is 5.09. The molecule has 34 heavy (non-hydrogen) atoms. The first kappa shape index (κ1) is 24.0. The summed E-state index contributed by atoms with van der Waals surface area (Å²) in [5.74, 6) is 0.813. The first-order valence-electron chi connectivity index (χ1n) is 11.8. The molecule has 2 aromatic rings. The summed E-state index contributed by atoms with van der Waals surface area (Å²) in [7, 11) is 3.14. The van der Waals surface area contributed by atoms with Gasteiger partial charge in [-0.05, 0) is 49.1 Å². The molecule has 0 radical (unpaired) electrons. The summed E-state index contributed by atoms with van der Waals surface area (Å²) in [5, 5.41) is 3.07. The van der Waals surface area contributed by atoms with E-state index in [4.69, 9.17) is 9.47 Å². The SMILES string of the molecule is COc1ccc(NC(=O)[C@H](C2CCCC2)N2CCN(C(=O)c3cccc(F)c3)CC2)cc1OC. The molecule has 1 aliphatic heterocycles. The van der Waals surface area contributed by atoms with E-state index in [-0.39, 0.29) is 23.8 Å². The second-order valence-corrected chi connectivity index (χ2v) is 8.89. The monoisotopic (exact) mass is 469 g/mol. The van der Waals surface area contributed by atoms with Crippen molar-refractivity contribution in [3.05, 3.63) is 53.8 Å². The first-order valence-corrected chi connectivity index (χ1v) is 11.8. The number of nitrogens with zero attached hydrogens (tertiary/aromatic N) is 2. The van der Waals surface area contributed by atoms with E-state index in [1.54, 1.807) is 49.5 Å². The zero-order valence-electron chi connectivity index (χ0n) is 19.8. The van der Waals surface area contributed by atoms with Crippen molar-refractivity contribution >= 4 is 17.5 Å². The van der Waals surface area contributed by atoms with Crippen molar-refractivity contribution in [3.8, 4) is 11.5 Å². The fraction of sp³-hybridized carbons (Fsp3) is 0.462. The van der Waals surface area contributed by atoms with Crippen LogP contribution in [0.25, 0.3) is 0 Å². The highest BCUT2D eigenvalue weighted by molar-refractivity contribution is 5.96. The van der Waals surface area contributed by atoms with Gasteiger partial charge in [-0.3, -0.25) is 14.5 Å². The predicted molar refractivity (Wildman–Crippen MR) is 128 cm³/mol. The molecule has 1 saturated carbocycles. The minimum atomic E-state index is -0.419. The number of nitrogens with one attached hydrogen (secondary N) is 1. The molecule has 0 unspecified atom stereocenters. The maximum absolute atomic E-state index is 13.6. The van der Waals surface area contributed by atoms with Gasteiger partial charge in [-0.25, -0.2) is 4.39 Å². The number of piperazine rings is 1. The topological polar surface area (TPSA) is 71.1 Å². The summed E-state index contributed by atoms with van der Waals surface area (Å²) < 4.78 is 24.2. The Morgan fingerprint density at radius 1 is 0.971 bits per heavy atom. The van der Waals surface area contributed by atoms with Gasteiger partial charge in [0.15, 0.2) is 11.5 Å². The molecule has 1 aliphatic carbocycles. The van der Waals surface area contributed by atoms with Crippen LogP contribution in [-0.4, -0.2) is 68.1 Å². The van der Waals surface area contributed by atoms with Crippen LogP contribution in [0.15, 0.2) is 42.5 Å². The van der Waals surface area contributed by atoms with E-state index in [1.807, 2.05) is 0 Å². The van der Waals surface area contributed by atoms with Crippen LogP contribution in [0.1, 0.15) is 36.0 Å². The quantitative estimate of drug-likeness (QED) is 0.668. The van der Waals surface area contributed by atoms with Gasteiger partial charge < -0.3 is 19.7 Å². The molecule has 8 heteroatoms. The van der Waals surface area contributed by atoms with Gasteiger partial charge in [0.05, 0.1) is 20.3 Å². The Morgan fingerprint density at radius 2 is 1.68 bits per heavy atom. The zero-order valence-corrected chi connectivity index (χ0v) is 19.8. The van der Waals surface area contributed by atoms with Crippen molar-refractivity contribution in [3.63, 3.8) is 0 Å². The number of anilines is 1. The van der Waals surface area contributed by atoms with Gasteiger partial charge in [0.25, 0.3) is 5.91 Å². The third kappa shape index (κ3) is 5.33. The van der Waals surface area contributed by atoms with Gasteiger partial charge in [0, 0.05) is 43.5 Å². The third-order valence-corrected chi connectivity index (χ3v) is 6.83. The average Bonchev–Trinajstić information content (AvgIpc) is 3.38. The molecule has 4 rings (SSSR count). The molecule has 0 bridgehead atoms. The molecule has 7 nitrogen and oxygen atoms in total. The van der Waals surface area contributed by atoms with E-state index in [0.717, 1.165) is 25.7 Å². The molecular formula is C26H32FN3O4. The van der Waals surface area contributed by atoms with Crippen LogP contribution in [0.2, 0.25) is 0 Å². The average molecular weight is 470 g/mol. The van der Waals surface area contributed by atoms with Crippen LogP contribution in [-0.2, 0) is 4.79 Å². The van der Waals surface area contributed by atoms with Crippen LogP contribution in [0.3, 0.4) is 0 Å². The second-order valence-electron chi connectivity index (χ2n) is 8.89. The summed E-state index contributed by atoms with van der Waals surface area (Å²) in [6.45, 7) is 2.20. The van der Waals surface area contributed by atoms with E-state index in [1.165, 1.54) is 12.1 Å². The Bertz CT molecular complexity index is 1020. The first-order chi connectivity index (χ1) is 16.5. The lowest BCUT2D eigenvalue weighted by atomic mass is 9.94. The minimum absolute atomic E-state index is 0.0379. The van der Waals surface area contributed by atoms with Crippen LogP contribution in [0.5, 0.6) is 11.5 Å². The lowest BCUT2D eigenvalue weighted by molar-refractivity contribution is -0.123. The number of rotatable bonds is 7.